The van der Waals surface area contributed by atoms with Crippen LogP contribution in [0.15, 0.2) is 42.6 Å². The van der Waals surface area contributed by atoms with Crippen molar-refractivity contribution in [2.45, 2.75) is 6.54 Å². The van der Waals surface area contributed by atoms with E-state index in [4.69, 9.17) is 4.74 Å². The van der Waals surface area contributed by atoms with Gasteiger partial charge in [0, 0.05) is 44.5 Å². The first kappa shape index (κ1) is 18.1. The van der Waals surface area contributed by atoms with Gasteiger partial charge in [0.15, 0.2) is 6.61 Å². The molecule has 7 heteroatoms. The van der Waals surface area contributed by atoms with E-state index in [9.17, 15) is 9.18 Å². The van der Waals surface area contributed by atoms with Crippen molar-refractivity contribution in [1.29, 1.82) is 0 Å². The Labute approximate surface area is 152 Å². The molecule has 0 spiro atoms. The first-order valence-corrected chi connectivity index (χ1v) is 8.64. The first-order chi connectivity index (χ1) is 12.6. The molecule has 138 valence electrons. The van der Waals surface area contributed by atoms with Crippen LogP contribution in [0.25, 0.3) is 0 Å². The lowest BCUT2D eigenvalue weighted by atomic mass is 10.2. The summed E-state index contributed by atoms with van der Waals surface area (Å²) in [5.74, 6) is 0.804. The van der Waals surface area contributed by atoms with Gasteiger partial charge in [-0.15, -0.1) is 0 Å². The highest BCUT2D eigenvalue weighted by Gasteiger charge is 2.18. The van der Waals surface area contributed by atoms with Crippen LogP contribution in [0.1, 0.15) is 5.56 Å². The highest BCUT2D eigenvalue weighted by atomic mass is 19.1. The molecule has 3 rings (SSSR count). The third kappa shape index (κ3) is 4.92. The number of nitrogens with zero attached hydrogens (tertiary/aromatic N) is 3. The molecule has 0 aliphatic carbocycles. The quantitative estimate of drug-likeness (QED) is 0.851. The number of aromatic nitrogens is 1. The molecule has 2 heterocycles. The molecule has 0 bridgehead atoms. The van der Waals surface area contributed by atoms with Crippen molar-refractivity contribution in [1.82, 2.24) is 15.2 Å². The maximum Gasteiger partial charge on any atom is 0.258 e. The minimum absolute atomic E-state index is 0.115. The Morgan fingerprint density at radius 1 is 1.19 bits per heavy atom. The van der Waals surface area contributed by atoms with Gasteiger partial charge in [-0.2, -0.15) is 0 Å². The van der Waals surface area contributed by atoms with Gasteiger partial charge in [-0.05, 0) is 37.4 Å². The molecular weight excluding hydrogens is 335 g/mol. The molecule has 1 fully saturated rings. The Morgan fingerprint density at radius 3 is 2.65 bits per heavy atom. The van der Waals surface area contributed by atoms with Crippen molar-refractivity contribution in [3.8, 4) is 5.75 Å². The van der Waals surface area contributed by atoms with Crippen LogP contribution in [0.3, 0.4) is 0 Å². The van der Waals surface area contributed by atoms with Crippen molar-refractivity contribution >= 4 is 11.7 Å². The number of anilines is 1. The standard InChI is InChI=1S/C19H23FN4O2/c1-23-9-11-24(12-10-23)19-15(3-2-8-21-19)13-22-18(25)14-26-17-6-4-16(20)5-7-17/h2-8H,9-14H2,1H3,(H,22,25). The van der Waals surface area contributed by atoms with E-state index in [0.29, 0.717) is 12.3 Å². The van der Waals surface area contributed by atoms with E-state index in [1.54, 1.807) is 6.20 Å². The van der Waals surface area contributed by atoms with Crippen molar-refractivity contribution < 1.29 is 13.9 Å². The molecule has 1 saturated heterocycles. The number of halogens is 1. The topological polar surface area (TPSA) is 57.7 Å². The number of hydrogen-bond donors (Lipinski definition) is 1. The van der Waals surface area contributed by atoms with Crippen LogP contribution in [0.2, 0.25) is 0 Å². The van der Waals surface area contributed by atoms with Crippen LogP contribution in [-0.4, -0.2) is 55.6 Å². The summed E-state index contributed by atoms with van der Waals surface area (Å²) in [6.07, 6.45) is 1.77. The van der Waals surface area contributed by atoms with Crippen LogP contribution >= 0.6 is 0 Å². The number of likely N-dealkylation sites (N-methyl/N-ethyl adjacent to an activating group) is 1. The maximum atomic E-state index is 12.9. The molecule has 6 nitrogen and oxygen atoms in total. The number of carbonyl (C=O) groups is 1. The minimum Gasteiger partial charge on any atom is -0.484 e. The number of amides is 1. The first-order valence-electron chi connectivity index (χ1n) is 8.64. The largest absolute Gasteiger partial charge is 0.484 e. The van der Waals surface area contributed by atoms with E-state index in [-0.39, 0.29) is 18.3 Å². The molecule has 0 unspecified atom stereocenters. The summed E-state index contributed by atoms with van der Waals surface area (Å²) >= 11 is 0. The second-order valence-corrected chi connectivity index (χ2v) is 6.30. The fourth-order valence-corrected chi connectivity index (χ4v) is 2.80. The third-order valence-electron chi connectivity index (χ3n) is 4.33. The third-order valence-corrected chi connectivity index (χ3v) is 4.33. The van der Waals surface area contributed by atoms with Crippen LogP contribution < -0.4 is 15.0 Å². The Balaban J connectivity index is 1.52. The zero-order valence-corrected chi connectivity index (χ0v) is 14.8. The number of pyridine rings is 1. The smallest absolute Gasteiger partial charge is 0.258 e. The van der Waals surface area contributed by atoms with Gasteiger partial charge < -0.3 is 19.9 Å². The summed E-state index contributed by atoms with van der Waals surface area (Å²) in [5, 5.41) is 2.85. The molecular formula is C19H23FN4O2. The normalized spacial score (nSPS) is 14.9. The van der Waals surface area contributed by atoms with Crippen molar-refractivity contribution in [3.05, 3.63) is 54.0 Å². The average molecular weight is 358 g/mol. The fourth-order valence-electron chi connectivity index (χ4n) is 2.80. The Kier molecular flexibility index (Phi) is 6.01. The number of piperazine rings is 1. The summed E-state index contributed by atoms with van der Waals surface area (Å²) in [6, 6.07) is 9.43. The summed E-state index contributed by atoms with van der Waals surface area (Å²) in [6.45, 7) is 4.10. The molecule has 0 radical (unpaired) electrons. The number of hydrogen-bond acceptors (Lipinski definition) is 5. The number of carbonyl (C=O) groups excluding carboxylic acids is 1. The van der Waals surface area contributed by atoms with E-state index in [0.717, 1.165) is 37.6 Å². The van der Waals surface area contributed by atoms with E-state index < -0.39 is 0 Å². The van der Waals surface area contributed by atoms with Crippen molar-refractivity contribution in [2.24, 2.45) is 0 Å². The number of nitrogens with one attached hydrogen (secondary N) is 1. The van der Waals surface area contributed by atoms with Gasteiger partial charge in [0.1, 0.15) is 17.4 Å². The van der Waals surface area contributed by atoms with Crippen LogP contribution in [0, 0.1) is 5.82 Å². The molecule has 1 aliphatic rings. The zero-order chi connectivity index (χ0) is 18.4. The van der Waals surface area contributed by atoms with Gasteiger partial charge in [-0.1, -0.05) is 6.07 Å². The Bertz CT molecular complexity index is 731. The van der Waals surface area contributed by atoms with E-state index in [2.05, 4.69) is 27.1 Å². The Morgan fingerprint density at radius 2 is 1.92 bits per heavy atom. The van der Waals surface area contributed by atoms with E-state index in [1.807, 2.05) is 12.1 Å². The van der Waals surface area contributed by atoms with Gasteiger partial charge in [-0.3, -0.25) is 4.79 Å². The highest BCUT2D eigenvalue weighted by Crippen LogP contribution is 2.18. The van der Waals surface area contributed by atoms with Gasteiger partial charge in [-0.25, -0.2) is 9.37 Å². The molecule has 1 N–H and O–H groups in total. The second kappa shape index (κ2) is 8.62. The van der Waals surface area contributed by atoms with Crippen LogP contribution in [0.5, 0.6) is 5.75 Å². The molecule has 2 aromatic rings. The van der Waals surface area contributed by atoms with Gasteiger partial charge in [0.25, 0.3) is 5.91 Å². The lowest BCUT2D eigenvalue weighted by Crippen LogP contribution is -2.45. The monoisotopic (exact) mass is 358 g/mol. The fraction of sp³-hybridized carbons (Fsp3) is 0.368. The number of rotatable bonds is 6. The molecule has 1 amide bonds. The summed E-state index contributed by atoms with van der Waals surface area (Å²) in [7, 11) is 2.11. The van der Waals surface area contributed by atoms with E-state index >= 15 is 0 Å². The summed E-state index contributed by atoms with van der Waals surface area (Å²) in [5.41, 5.74) is 0.979. The van der Waals surface area contributed by atoms with Crippen LogP contribution in [0.4, 0.5) is 10.2 Å². The van der Waals surface area contributed by atoms with E-state index in [1.165, 1.54) is 24.3 Å². The predicted octanol–water partition coefficient (Wildman–Crippen LogP) is 1.67. The average Bonchev–Trinajstić information content (AvgIpc) is 2.67. The van der Waals surface area contributed by atoms with Crippen LogP contribution in [-0.2, 0) is 11.3 Å². The highest BCUT2D eigenvalue weighted by molar-refractivity contribution is 5.77. The van der Waals surface area contributed by atoms with Gasteiger partial charge in [0.2, 0.25) is 0 Å². The molecule has 26 heavy (non-hydrogen) atoms. The summed E-state index contributed by atoms with van der Waals surface area (Å²) in [4.78, 5) is 21.1. The molecule has 0 atom stereocenters. The molecule has 1 aliphatic heterocycles. The number of benzene rings is 1. The minimum atomic E-state index is -0.338. The molecule has 0 saturated carbocycles. The summed E-state index contributed by atoms with van der Waals surface area (Å²) < 4.78 is 18.2. The lowest BCUT2D eigenvalue weighted by molar-refractivity contribution is -0.123. The van der Waals surface area contributed by atoms with Gasteiger partial charge >= 0.3 is 0 Å². The second-order valence-electron chi connectivity index (χ2n) is 6.30. The maximum absolute atomic E-state index is 12.9. The predicted molar refractivity (Wildman–Crippen MR) is 97.7 cm³/mol. The zero-order valence-electron chi connectivity index (χ0n) is 14.8. The van der Waals surface area contributed by atoms with Gasteiger partial charge in [0.05, 0.1) is 0 Å². The lowest BCUT2D eigenvalue weighted by Gasteiger charge is -2.34. The van der Waals surface area contributed by atoms with Crippen molar-refractivity contribution in [2.75, 3.05) is 44.7 Å². The van der Waals surface area contributed by atoms with Crippen molar-refractivity contribution in [3.63, 3.8) is 0 Å². The SMILES string of the molecule is CN1CCN(c2ncccc2CNC(=O)COc2ccc(F)cc2)CC1. The molecule has 1 aromatic carbocycles. The number of ether oxygens (including phenoxy) is 1. The Hall–Kier alpha value is -2.67. The molecule has 1 aromatic heterocycles.